The van der Waals surface area contributed by atoms with Crippen LogP contribution in [0.5, 0.6) is 0 Å². The smallest absolute Gasteiger partial charge is 0.383 e. The van der Waals surface area contributed by atoms with E-state index < -0.39 is 22.7 Å². The van der Waals surface area contributed by atoms with Gasteiger partial charge in [-0.1, -0.05) is 0 Å². The zero-order chi connectivity index (χ0) is 15.9. The van der Waals surface area contributed by atoms with Gasteiger partial charge in [-0.05, 0) is 0 Å². The van der Waals surface area contributed by atoms with Crippen LogP contribution in [0.1, 0.15) is 0 Å². The van der Waals surface area contributed by atoms with Gasteiger partial charge in [0.15, 0.2) is 0 Å². The summed E-state index contributed by atoms with van der Waals surface area (Å²) in [7, 11) is -2.32. The minimum Gasteiger partial charge on any atom is -0.383 e. The van der Waals surface area contributed by atoms with Gasteiger partial charge in [0, 0.05) is 32.9 Å². The monoisotopic (exact) mass is 330 g/mol. The highest BCUT2D eigenvalue weighted by Gasteiger charge is 2.29. The third-order valence-electron chi connectivity index (χ3n) is 2.34. The Labute approximate surface area is 120 Å². The van der Waals surface area contributed by atoms with Gasteiger partial charge < -0.3 is 10.1 Å². The molecule has 2 N–H and O–H groups in total. The largest absolute Gasteiger partial charge is 0.408 e. The topological polar surface area (TPSA) is 85.2 Å². The van der Waals surface area contributed by atoms with E-state index in [9.17, 15) is 21.6 Å². The van der Waals surface area contributed by atoms with E-state index >= 15 is 0 Å². The first-order chi connectivity index (χ1) is 9.74. The highest BCUT2D eigenvalue weighted by atomic mass is 32.2. The van der Waals surface area contributed by atoms with E-state index in [-0.39, 0.29) is 11.4 Å². The van der Waals surface area contributed by atoms with E-state index in [1.807, 2.05) is 0 Å². The molecule has 21 heavy (non-hydrogen) atoms. The van der Waals surface area contributed by atoms with Crippen LogP contribution in [0.25, 0.3) is 0 Å². The van der Waals surface area contributed by atoms with E-state index in [4.69, 9.17) is 4.74 Å². The molecule has 0 aromatic carbocycles. The van der Waals surface area contributed by atoms with Crippen molar-refractivity contribution in [2.24, 2.45) is 0 Å². The molecule has 1 aromatic heterocycles. The zero-order valence-electron chi connectivity index (χ0n) is 11.4. The lowest BCUT2D eigenvalue weighted by atomic mass is 10.6. The van der Waals surface area contributed by atoms with E-state index in [1.54, 1.807) is 7.11 Å². The van der Waals surface area contributed by atoms with Gasteiger partial charge in [0.1, 0.15) is 11.4 Å². The molecule has 0 aliphatic rings. The fourth-order valence-corrected chi connectivity index (χ4v) is 2.39. The van der Waals surface area contributed by atoms with Gasteiger partial charge in [0.05, 0.1) is 12.8 Å². The highest BCUT2D eigenvalue weighted by molar-refractivity contribution is 7.89. The summed E-state index contributed by atoms with van der Waals surface area (Å²) in [6.07, 6.45) is -2.73. The lowest BCUT2D eigenvalue weighted by Gasteiger charge is -2.06. The second kappa shape index (κ2) is 7.73. The van der Waals surface area contributed by atoms with Crippen molar-refractivity contribution in [1.82, 2.24) is 19.8 Å². The second-order valence-electron chi connectivity index (χ2n) is 4.13. The molecule has 0 unspecified atom stereocenters. The number of ether oxygens (including phenoxy) is 1. The standard InChI is InChI=1S/C10H17F3N4O3S/c1-20-5-4-14-2-3-16-21(18,19)9-6-15-17(7-9)8-10(11,12)13/h6-7,14,16H,2-5,8H2,1H3. The molecular formula is C10H17F3N4O3S. The Morgan fingerprint density at radius 2 is 2.05 bits per heavy atom. The molecule has 0 radical (unpaired) electrons. The Bertz CT molecular complexity index is 530. The molecule has 1 rings (SSSR count). The number of hydrogen-bond acceptors (Lipinski definition) is 5. The molecule has 7 nitrogen and oxygen atoms in total. The van der Waals surface area contributed by atoms with Crippen molar-refractivity contribution in [2.45, 2.75) is 17.6 Å². The maximum Gasteiger partial charge on any atom is 0.408 e. The summed E-state index contributed by atoms with van der Waals surface area (Å²) in [5.74, 6) is 0. The number of rotatable bonds is 9. The first-order valence-corrected chi connectivity index (χ1v) is 7.51. The zero-order valence-corrected chi connectivity index (χ0v) is 12.2. The predicted octanol–water partition coefficient (Wildman–Crippen LogP) is -0.0403. The number of nitrogens with one attached hydrogen (secondary N) is 2. The number of sulfonamides is 1. The maximum absolute atomic E-state index is 12.2. The fourth-order valence-electron chi connectivity index (χ4n) is 1.41. The van der Waals surface area contributed by atoms with Gasteiger partial charge >= 0.3 is 6.18 Å². The van der Waals surface area contributed by atoms with E-state index in [0.717, 1.165) is 12.4 Å². The molecule has 0 aliphatic carbocycles. The Hall–Kier alpha value is -1.17. The van der Waals surface area contributed by atoms with Crippen LogP contribution in [-0.2, 0) is 21.3 Å². The average molecular weight is 330 g/mol. The summed E-state index contributed by atoms with van der Waals surface area (Å²) >= 11 is 0. The highest BCUT2D eigenvalue weighted by Crippen LogP contribution is 2.17. The van der Waals surface area contributed by atoms with Gasteiger partial charge in [-0.2, -0.15) is 18.3 Å². The number of hydrogen-bond donors (Lipinski definition) is 2. The van der Waals surface area contributed by atoms with Crippen molar-refractivity contribution in [3.8, 4) is 0 Å². The molecule has 0 fully saturated rings. The lowest BCUT2D eigenvalue weighted by Crippen LogP contribution is -2.33. The molecule has 0 atom stereocenters. The van der Waals surface area contributed by atoms with Crippen molar-refractivity contribution in [1.29, 1.82) is 0 Å². The quantitative estimate of drug-likeness (QED) is 0.621. The summed E-state index contributed by atoms with van der Waals surface area (Å²) in [5.41, 5.74) is 0. The van der Waals surface area contributed by atoms with E-state index in [0.29, 0.717) is 24.4 Å². The summed E-state index contributed by atoms with van der Waals surface area (Å²) in [6, 6.07) is 0. The summed E-state index contributed by atoms with van der Waals surface area (Å²) < 4.78 is 67.7. The van der Waals surface area contributed by atoms with Crippen LogP contribution in [0.2, 0.25) is 0 Å². The Morgan fingerprint density at radius 3 is 2.67 bits per heavy atom. The maximum atomic E-state index is 12.2. The molecular weight excluding hydrogens is 313 g/mol. The number of nitrogens with zero attached hydrogens (tertiary/aromatic N) is 2. The van der Waals surface area contributed by atoms with Crippen molar-refractivity contribution in [3.05, 3.63) is 12.4 Å². The molecule has 11 heteroatoms. The Balaban J connectivity index is 2.47. The number of aromatic nitrogens is 2. The fraction of sp³-hybridized carbons (Fsp3) is 0.700. The van der Waals surface area contributed by atoms with Gasteiger partial charge in [-0.25, -0.2) is 13.1 Å². The van der Waals surface area contributed by atoms with Crippen molar-refractivity contribution in [2.75, 3.05) is 33.4 Å². The first kappa shape index (κ1) is 17.9. The van der Waals surface area contributed by atoms with Crippen molar-refractivity contribution >= 4 is 10.0 Å². The van der Waals surface area contributed by atoms with E-state index in [1.165, 1.54) is 0 Å². The molecule has 0 bridgehead atoms. The third-order valence-corrected chi connectivity index (χ3v) is 3.75. The van der Waals surface area contributed by atoms with Crippen LogP contribution in [0.4, 0.5) is 13.2 Å². The van der Waals surface area contributed by atoms with Gasteiger partial charge in [-0.3, -0.25) is 4.68 Å². The van der Waals surface area contributed by atoms with Crippen LogP contribution < -0.4 is 10.0 Å². The third kappa shape index (κ3) is 6.89. The summed E-state index contributed by atoms with van der Waals surface area (Å²) in [4.78, 5) is -0.302. The number of halogens is 3. The van der Waals surface area contributed by atoms with Crippen LogP contribution in [0.15, 0.2) is 17.3 Å². The Morgan fingerprint density at radius 1 is 1.33 bits per heavy atom. The first-order valence-electron chi connectivity index (χ1n) is 6.03. The number of alkyl halides is 3. The molecule has 0 spiro atoms. The van der Waals surface area contributed by atoms with E-state index in [2.05, 4.69) is 15.1 Å². The summed E-state index contributed by atoms with van der Waals surface area (Å²) in [5, 5.41) is 6.31. The van der Waals surface area contributed by atoms with Crippen molar-refractivity contribution < 1.29 is 26.3 Å². The van der Waals surface area contributed by atoms with Crippen LogP contribution in [0.3, 0.4) is 0 Å². The normalized spacial score (nSPS) is 12.8. The van der Waals surface area contributed by atoms with Crippen LogP contribution >= 0.6 is 0 Å². The molecule has 1 aromatic rings. The molecule has 0 aliphatic heterocycles. The number of methoxy groups -OCH3 is 1. The van der Waals surface area contributed by atoms with Crippen LogP contribution in [-0.4, -0.2) is 57.7 Å². The lowest BCUT2D eigenvalue weighted by molar-refractivity contribution is -0.142. The van der Waals surface area contributed by atoms with Gasteiger partial charge in [0.25, 0.3) is 0 Å². The van der Waals surface area contributed by atoms with Crippen LogP contribution in [0, 0.1) is 0 Å². The molecule has 0 amide bonds. The summed E-state index contributed by atoms with van der Waals surface area (Å²) in [6.45, 7) is 0.218. The SMILES string of the molecule is COCCNCCNS(=O)(=O)c1cnn(CC(F)(F)F)c1. The van der Waals surface area contributed by atoms with Gasteiger partial charge in [0.2, 0.25) is 10.0 Å². The predicted molar refractivity (Wildman–Crippen MR) is 68.2 cm³/mol. The minimum absolute atomic E-state index is 0.108. The van der Waals surface area contributed by atoms with Crippen molar-refractivity contribution in [3.63, 3.8) is 0 Å². The van der Waals surface area contributed by atoms with Gasteiger partial charge in [-0.15, -0.1) is 0 Å². The second-order valence-corrected chi connectivity index (χ2v) is 5.90. The molecule has 122 valence electrons. The Kier molecular flexibility index (Phi) is 6.58. The molecule has 1 heterocycles. The minimum atomic E-state index is -4.45. The molecule has 0 saturated carbocycles. The average Bonchev–Trinajstić information content (AvgIpc) is 2.80. The molecule has 0 saturated heterocycles.